The van der Waals surface area contributed by atoms with Crippen molar-refractivity contribution in [1.82, 2.24) is 4.98 Å². The Morgan fingerprint density at radius 1 is 1.25 bits per heavy atom. The van der Waals surface area contributed by atoms with E-state index in [9.17, 15) is 17.2 Å². The van der Waals surface area contributed by atoms with Crippen molar-refractivity contribution >= 4 is 37.5 Å². The number of anilines is 2. The number of sulfonamides is 1. The van der Waals surface area contributed by atoms with E-state index in [2.05, 4.69) is 20.9 Å². The highest BCUT2D eigenvalue weighted by molar-refractivity contribution is 9.10. The van der Waals surface area contributed by atoms with Crippen molar-refractivity contribution in [2.24, 2.45) is 0 Å². The van der Waals surface area contributed by atoms with Crippen LogP contribution in [0.25, 0.3) is 0 Å². The second-order valence-electron chi connectivity index (χ2n) is 3.78. The summed E-state index contributed by atoms with van der Waals surface area (Å²) in [6, 6.07) is 4.44. The Morgan fingerprint density at radius 2 is 1.95 bits per heavy atom. The van der Waals surface area contributed by atoms with Crippen LogP contribution in [-0.4, -0.2) is 13.4 Å². The number of nitrogens with one attached hydrogen (secondary N) is 1. The number of halogens is 3. The first-order valence-electron chi connectivity index (χ1n) is 5.18. The van der Waals surface area contributed by atoms with E-state index in [-0.39, 0.29) is 11.5 Å². The third-order valence-corrected chi connectivity index (χ3v) is 4.10. The Morgan fingerprint density at radius 3 is 2.55 bits per heavy atom. The van der Waals surface area contributed by atoms with Crippen LogP contribution in [0, 0.1) is 11.6 Å². The molecule has 1 aromatic carbocycles. The van der Waals surface area contributed by atoms with Gasteiger partial charge in [-0.2, -0.15) is 0 Å². The summed E-state index contributed by atoms with van der Waals surface area (Å²) in [4.78, 5) is 2.90. The molecule has 0 aliphatic heterocycles. The number of pyridine rings is 1. The lowest BCUT2D eigenvalue weighted by Gasteiger charge is -2.09. The molecule has 0 spiro atoms. The van der Waals surface area contributed by atoms with Crippen LogP contribution in [0.1, 0.15) is 0 Å². The van der Waals surface area contributed by atoms with Gasteiger partial charge in [0, 0.05) is 16.4 Å². The highest BCUT2D eigenvalue weighted by Crippen LogP contribution is 2.23. The van der Waals surface area contributed by atoms with Crippen LogP contribution in [0.4, 0.5) is 20.3 Å². The molecule has 9 heteroatoms. The fourth-order valence-electron chi connectivity index (χ4n) is 1.41. The number of nitrogens with two attached hydrogens (primary N) is 1. The molecular formula is C11H8BrF2N3O2S. The van der Waals surface area contributed by atoms with Gasteiger partial charge in [0.25, 0.3) is 10.0 Å². The lowest BCUT2D eigenvalue weighted by molar-refractivity contribution is 0.486. The van der Waals surface area contributed by atoms with Crippen LogP contribution < -0.4 is 10.5 Å². The summed E-state index contributed by atoms with van der Waals surface area (Å²) in [6.45, 7) is 0. The standard InChI is InChI=1S/C11H8BrF2N3O2S/c12-6-1-2-10(16-5-6)17-20(18,19)9-4-7(15)3-8(13)11(9)14/h1-5H,15H2,(H,16,17). The molecule has 1 aromatic heterocycles. The average Bonchev–Trinajstić information content (AvgIpc) is 2.36. The maximum atomic E-state index is 13.6. The number of nitrogen functional groups attached to an aromatic ring is 1. The normalized spacial score (nSPS) is 11.3. The molecular weight excluding hydrogens is 356 g/mol. The molecule has 0 atom stereocenters. The van der Waals surface area contributed by atoms with Gasteiger partial charge >= 0.3 is 0 Å². The van der Waals surface area contributed by atoms with Crippen molar-refractivity contribution in [1.29, 1.82) is 0 Å². The number of hydrogen-bond acceptors (Lipinski definition) is 4. The molecule has 1 heterocycles. The van der Waals surface area contributed by atoms with Crippen LogP contribution in [0.2, 0.25) is 0 Å². The minimum absolute atomic E-state index is 0.0320. The van der Waals surface area contributed by atoms with Gasteiger partial charge in [0.1, 0.15) is 10.7 Å². The van der Waals surface area contributed by atoms with E-state index >= 15 is 0 Å². The average molecular weight is 364 g/mol. The number of rotatable bonds is 3. The zero-order valence-corrected chi connectivity index (χ0v) is 12.2. The lowest BCUT2D eigenvalue weighted by Crippen LogP contribution is -2.16. The quantitative estimate of drug-likeness (QED) is 0.820. The van der Waals surface area contributed by atoms with Crippen molar-refractivity contribution in [3.8, 4) is 0 Å². The monoisotopic (exact) mass is 363 g/mol. The maximum absolute atomic E-state index is 13.6. The van der Waals surface area contributed by atoms with Gasteiger partial charge in [-0.05, 0) is 40.2 Å². The summed E-state index contributed by atoms with van der Waals surface area (Å²) in [7, 11) is -4.32. The summed E-state index contributed by atoms with van der Waals surface area (Å²) in [5.74, 6) is -2.87. The molecule has 0 bridgehead atoms. The predicted molar refractivity (Wildman–Crippen MR) is 73.5 cm³/mol. The summed E-state index contributed by atoms with van der Waals surface area (Å²) in [5, 5.41) is 0. The van der Waals surface area contributed by atoms with Gasteiger partial charge in [0.15, 0.2) is 11.6 Å². The first-order valence-corrected chi connectivity index (χ1v) is 7.46. The SMILES string of the molecule is Nc1cc(F)c(F)c(S(=O)(=O)Nc2ccc(Br)cn2)c1. The molecule has 0 saturated carbocycles. The topological polar surface area (TPSA) is 85.1 Å². The number of benzene rings is 1. The number of nitrogens with zero attached hydrogens (tertiary/aromatic N) is 1. The lowest BCUT2D eigenvalue weighted by atomic mass is 10.3. The molecule has 3 N–H and O–H groups in total. The Bertz CT molecular complexity index is 751. The van der Waals surface area contributed by atoms with Crippen molar-refractivity contribution in [3.63, 3.8) is 0 Å². The summed E-state index contributed by atoms with van der Waals surface area (Å²) in [6.07, 6.45) is 1.36. The molecule has 5 nitrogen and oxygen atoms in total. The fourth-order valence-corrected chi connectivity index (χ4v) is 2.77. The highest BCUT2D eigenvalue weighted by atomic mass is 79.9. The molecule has 2 aromatic rings. The molecule has 0 unspecified atom stereocenters. The van der Waals surface area contributed by atoms with Crippen molar-refractivity contribution in [3.05, 3.63) is 46.6 Å². The Labute approximate surface area is 122 Å². The smallest absolute Gasteiger partial charge is 0.266 e. The molecule has 2 rings (SSSR count). The van der Waals surface area contributed by atoms with Crippen molar-refractivity contribution in [2.75, 3.05) is 10.5 Å². The van der Waals surface area contributed by atoms with Gasteiger partial charge < -0.3 is 5.73 Å². The number of aromatic nitrogens is 1. The molecule has 0 amide bonds. The largest absolute Gasteiger partial charge is 0.399 e. The molecule has 20 heavy (non-hydrogen) atoms. The van der Waals surface area contributed by atoms with E-state index in [1.54, 1.807) is 6.07 Å². The first kappa shape index (κ1) is 14.7. The van der Waals surface area contributed by atoms with Crippen LogP contribution in [0.5, 0.6) is 0 Å². The summed E-state index contributed by atoms with van der Waals surface area (Å²) >= 11 is 3.13. The van der Waals surface area contributed by atoms with Crippen LogP contribution >= 0.6 is 15.9 Å². The Balaban J connectivity index is 2.43. The van der Waals surface area contributed by atoms with Gasteiger partial charge in [-0.15, -0.1) is 0 Å². The van der Waals surface area contributed by atoms with Crippen molar-refractivity contribution in [2.45, 2.75) is 4.90 Å². The molecule has 0 aliphatic carbocycles. The minimum Gasteiger partial charge on any atom is -0.399 e. The predicted octanol–water partition coefficient (Wildman–Crippen LogP) is 2.51. The van der Waals surface area contributed by atoms with Gasteiger partial charge in [-0.25, -0.2) is 22.2 Å². The van der Waals surface area contributed by atoms with E-state index in [1.165, 1.54) is 12.3 Å². The van der Waals surface area contributed by atoms with Crippen LogP contribution in [-0.2, 0) is 10.0 Å². The second kappa shape index (κ2) is 5.33. The summed E-state index contributed by atoms with van der Waals surface area (Å²) in [5.41, 5.74) is 5.12. The van der Waals surface area contributed by atoms with E-state index in [1.807, 2.05) is 4.72 Å². The Hall–Kier alpha value is -1.74. The third-order valence-electron chi connectivity index (χ3n) is 2.27. The highest BCUT2D eigenvalue weighted by Gasteiger charge is 2.23. The zero-order valence-electron chi connectivity index (χ0n) is 9.77. The number of hydrogen-bond donors (Lipinski definition) is 2. The van der Waals surface area contributed by atoms with Gasteiger partial charge in [0.05, 0.1) is 0 Å². The van der Waals surface area contributed by atoms with E-state index < -0.39 is 26.6 Å². The molecule has 0 saturated heterocycles. The minimum atomic E-state index is -4.32. The van der Waals surface area contributed by atoms with Crippen molar-refractivity contribution < 1.29 is 17.2 Å². The fraction of sp³-hybridized carbons (Fsp3) is 0. The van der Waals surface area contributed by atoms with Crippen LogP contribution in [0.15, 0.2) is 39.8 Å². The van der Waals surface area contributed by atoms with Gasteiger partial charge in [0.2, 0.25) is 0 Å². The molecule has 106 valence electrons. The second-order valence-corrected chi connectivity index (χ2v) is 6.35. The van der Waals surface area contributed by atoms with E-state index in [0.717, 1.165) is 6.07 Å². The molecule has 0 aliphatic rings. The first-order chi connectivity index (χ1) is 9.29. The van der Waals surface area contributed by atoms with E-state index in [4.69, 9.17) is 5.73 Å². The molecule has 0 fully saturated rings. The Kier molecular flexibility index (Phi) is 3.91. The third kappa shape index (κ3) is 3.05. The van der Waals surface area contributed by atoms with E-state index in [0.29, 0.717) is 10.5 Å². The van der Waals surface area contributed by atoms with Gasteiger partial charge in [-0.1, -0.05) is 0 Å². The molecule has 0 radical (unpaired) electrons. The maximum Gasteiger partial charge on any atom is 0.266 e. The van der Waals surface area contributed by atoms with Gasteiger partial charge in [-0.3, -0.25) is 4.72 Å². The zero-order chi connectivity index (χ0) is 14.9. The van der Waals surface area contributed by atoms with Crippen LogP contribution in [0.3, 0.4) is 0 Å². The summed E-state index contributed by atoms with van der Waals surface area (Å²) < 4.78 is 53.4.